The highest BCUT2D eigenvalue weighted by molar-refractivity contribution is 6.30. The van der Waals surface area contributed by atoms with Gasteiger partial charge in [0.25, 0.3) is 0 Å². The molecule has 9 heteroatoms. The van der Waals surface area contributed by atoms with E-state index in [-0.39, 0.29) is 19.5 Å². The first-order valence-electron chi connectivity index (χ1n) is 6.86. The number of rotatable bonds is 7. The molecule has 0 radical (unpaired) electrons. The van der Waals surface area contributed by atoms with Crippen molar-refractivity contribution in [1.82, 2.24) is 20.8 Å². The molecule has 122 valence electrons. The lowest BCUT2D eigenvalue weighted by molar-refractivity contribution is -0.136. The molecule has 3 N–H and O–H groups in total. The lowest BCUT2D eigenvalue weighted by Gasteiger charge is -2.04. The van der Waals surface area contributed by atoms with Crippen molar-refractivity contribution in [3.63, 3.8) is 0 Å². The molecule has 0 saturated carbocycles. The fourth-order valence-electron chi connectivity index (χ4n) is 1.73. The predicted molar refractivity (Wildman–Crippen MR) is 82.1 cm³/mol. The molecule has 23 heavy (non-hydrogen) atoms. The Morgan fingerprint density at radius 3 is 2.78 bits per heavy atom. The first kappa shape index (κ1) is 16.8. The maximum absolute atomic E-state index is 11.4. The van der Waals surface area contributed by atoms with E-state index >= 15 is 0 Å². The van der Waals surface area contributed by atoms with Crippen molar-refractivity contribution in [3.8, 4) is 11.4 Å². The second-order valence-electron chi connectivity index (χ2n) is 4.60. The van der Waals surface area contributed by atoms with Gasteiger partial charge in [0.1, 0.15) is 0 Å². The number of nitrogens with zero attached hydrogens (tertiary/aromatic N) is 2. The third-order valence-corrected chi connectivity index (χ3v) is 3.03. The monoisotopic (exact) mass is 338 g/mol. The van der Waals surface area contributed by atoms with Crippen molar-refractivity contribution in [3.05, 3.63) is 35.2 Å². The summed E-state index contributed by atoms with van der Waals surface area (Å²) in [5.74, 6) is -0.163. The molecule has 0 aliphatic heterocycles. The first-order chi connectivity index (χ1) is 11.0. The second-order valence-corrected chi connectivity index (χ2v) is 5.03. The molecule has 0 bridgehead atoms. The largest absolute Gasteiger partial charge is 0.481 e. The zero-order chi connectivity index (χ0) is 16.7. The van der Waals surface area contributed by atoms with Gasteiger partial charge in [0.2, 0.25) is 11.7 Å². The number of carbonyl (C=O) groups excluding carboxylic acids is 1. The van der Waals surface area contributed by atoms with E-state index in [1.54, 1.807) is 18.2 Å². The molecule has 1 heterocycles. The van der Waals surface area contributed by atoms with E-state index in [1.165, 1.54) is 0 Å². The van der Waals surface area contributed by atoms with Gasteiger partial charge < -0.3 is 20.3 Å². The number of benzene rings is 1. The van der Waals surface area contributed by atoms with Crippen LogP contribution in [0.4, 0.5) is 4.79 Å². The van der Waals surface area contributed by atoms with Gasteiger partial charge in [0.05, 0.1) is 6.42 Å². The van der Waals surface area contributed by atoms with Crippen LogP contribution < -0.4 is 10.6 Å². The molecule has 0 saturated heterocycles. The lowest BCUT2D eigenvalue weighted by atomic mass is 10.2. The van der Waals surface area contributed by atoms with Gasteiger partial charge in [-0.1, -0.05) is 28.9 Å². The van der Waals surface area contributed by atoms with Crippen LogP contribution >= 0.6 is 11.6 Å². The summed E-state index contributed by atoms with van der Waals surface area (Å²) in [6.45, 7) is 0.358. The van der Waals surface area contributed by atoms with Crippen LogP contribution in [0, 0.1) is 0 Å². The molecule has 0 fully saturated rings. The van der Waals surface area contributed by atoms with Crippen LogP contribution in [0.15, 0.2) is 28.8 Å². The van der Waals surface area contributed by atoms with Crippen molar-refractivity contribution in [2.45, 2.75) is 12.8 Å². The number of carboxylic acid groups (broad SMARTS) is 1. The molecule has 0 atom stereocenters. The standard InChI is InChI=1S/C14H15ClN4O4/c15-10-3-1-2-9(8-10)13-18-11(23-19-13)4-6-16-14(22)17-7-5-12(20)21/h1-3,8H,4-7H2,(H,20,21)(H2,16,17,22). The number of nitrogens with one attached hydrogen (secondary N) is 2. The summed E-state index contributed by atoms with van der Waals surface area (Å²) in [6.07, 6.45) is 0.236. The Bertz CT molecular complexity index is 689. The SMILES string of the molecule is O=C(O)CCNC(=O)NCCc1nc(-c2cccc(Cl)c2)no1. The Hall–Kier alpha value is -2.61. The molecule has 0 spiro atoms. The van der Waals surface area contributed by atoms with Gasteiger partial charge in [-0.3, -0.25) is 4.79 Å². The number of urea groups is 1. The fraction of sp³-hybridized carbons (Fsp3) is 0.286. The molecule has 8 nitrogen and oxygen atoms in total. The average Bonchev–Trinajstić information content (AvgIpc) is 2.96. The summed E-state index contributed by atoms with van der Waals surface area (Å²) in [5, 5.41) is 17.9. The van der Waals surface area contributed by atoms with Crippen LogP contribution in [0.3, 0.4) is 0 Å². The lowest BCUT2D eigenvalue weighted by Crippen LogP contribution is -2.37. The summed E-state index contributed by atoms with van der Waals surface area (Å²) >= 11 is 5.90. The zero-order valence-electron chi connectivity index (χ0n) is 12.1. The zero-order valence-corrected chi connectivity index (χ0v) is 12.8. The highest BCUT2D eigenvalue weighted by atomic mass is 35.5. The molecule has 1 aromatic carbocycles. The second kappa shape index (κ2) is 8.14. The molecular formula is C14H15ClN4O4. The number of carboxylic acids is 1. The molecule has 2 amide bonds. The number of amides is 2. The quantitative estimate of drug-likeness (QED) is 0.707. The van der Waals surface area contributed by atoms with Gasteiger partial charge in [0.15, 0.2) is 0 Å². The Morgan fingerprint density at radius 1 is 1.26 bits per heavy atom. The van der Waals surface area contributed by atoms with Crippen LogP contribution in [0.25, 0.3) is 11.4 Å². The summed E-state index contributed by atoms with van der Waals surface area (Å²) in [7, 11) is 0. The Balaban J connectivity index is 1.77. The van der Waals surface area contributed by atoms with Crippen molar-refractivity contribution < 1.29 is 19.2 Å². The molecule has 2 rings (SSSR count). The minimum absolute atomic E-state index is 0.0701. The van der Waals surface area contributed by atoms with Crippen molar-refractivity contribution in [2.75, 3.05) is 13.1 Å². The normalized spacial score (nSPS) is 10.3. The highest BCUT2D eigenvalue weighted by Gasteiger charge is 2.09. The summed E-state index contributed by atoms with van der Waals surface area (Å²) in [4.78, 5) is 25.9. The molecule has 0 aliphatic carbocycles. The van der Waals surface area contributed by atoms with E-state index in [2.05, 4.69) is 20.8 Å². The van der Waals surface area contributed by atoms with Crippen LogP contribution in [0.1, 0.15) is 12.3 Å². The summed E-state index contributed by atoms with van der Waals surface area (Å²) in [6, 6.07) is 6.63. The van der Waals surface area contributed by atoms with Gasteiger partial charge in [0, 0.05) is 30.1 Å². The van der Waals surface area contributed by atoms with Crippen molar-refractivity contribution >= 4 is 23.6 Å². The van der Waals surface area contributed by atoms with E-state index in [1.807, 2.05) is 6.07 Å². The fourth-order valence-corrected chi connectivity index (χ4v) is 1.92. The first-order valence-corrected chi connectivity index (χ1v) is 7.24. The van der Waals surface area contributed by atoms with Gasteiger partial charge in [-0.2, -0.15) is 4.98 Å². The van der Waals surface area contributed by atoms with Gasteiger partial charge >= 0.3 is 12.0 Å². The van der Waals surface area contributed by atoms with E-state index in [0.717, 1.165) is 5.56 Å². The van der Waals surface area contributed by atoms with Crippen LogP contribution in [0.5, 0.6) is 0 Å². The average molecular weight is 339 g/mol. The number of aromatic nitrogens is 2. The van der Waals surface area contributed by atoms with Gasteiger partial charge in [-0.15, -0.1) is 0 Å². The van der Waals surface area contributed by atoms with E-state index in [9.17, 15) is 9.59 Å². The highest BCUT2D eigenvalue weighted by Crippen LogP contribution is 2.19. The minimum atomic E-state index is -0.968. The van der Waals surface area contributed by atoms with E-state index < -0.39 is 12.0 Å². The van der Waals surface area contributed by atoms with E-state index in [0.29, 0.717) is 23.2 Å². The predicted octanol–water partition coefficient (Wildman–Crippen LogP) is 1.71. The van der Waals surface area contributed by atoms with Gasteiger partial charge in [-0.05, 0) is 12.1 Å². The number of hydrogen-bond acceptors (Lipinski definition) is 5. The Morgan fingerprint density at radius 2 is 2.04 bits per heavy atom. The summed E-state index contributed by atoms with van der Waals surface area (Å²) in [5.41, 5.74) is 0.742. The van der Waals surface area contributed by atoms with Crippen molar-refractivity contribution in [1.29, 1.82) is 0 Å². The molecule has 0 aliphatic rings. The van der Waals surface area contributed by atoms with Crippen LogP contribution in [-0.2, 0) is 11.2 Å². The number of aliphatic carboxylic acids is 1. The number of halogens is 1. The van der Waals surface area contributed by atoms with Gasteiger partial charge in [-0.25, -0.2) is 4.79 Å². The summed E-state index contributed by atoms with van der Waals surface area (Å²) < 4.78 is 5.10. The maximum atomic E-state index is 11.4. The number of hydrogen-bond donors (Lipinski definition) is 3. The Kier molecular flexibility index (Phi) is 5.93. The van der Waals surface area contributed by atoms with Crippen LogP contribution in [-0.4, -0.2) is 40.3 Å². The molecule has 0 unspecified atom stereocenters. The number of carbonyl (C=O) groups is 2. The van der Waals surface area contributed by atoms with Crippen LogP contribution in [0.2, 0.25) is 5.02 Å². The third-order valence-electron chi connectivity index (χ3n) is 2.80. The maximum Gasteiger partial charge on any atom is 0.314 e. The van der Waals surface area contributed by atoms with Crippen molar-refractivity contribution in [2.24, 2.45) is 0 Å². The smallest absolute Gasteiger partial charge is 0.314 e. The topological polar surface area (TPSA) is 117 Å². The molecular weight excluding hydrogens is 324 g/mol. The van der Waals surface area contributed by atoms with E-state index in [4.69, 9.17) is 21.2 Å². The molecule has 1 aromatic heterocycles. The third kappa shape index (κ3) is 5.59. The Labute approximate surface area is 136 Å². The minimum Gasteiger partial charge on any atom is -0.481 e. The molecule has 2 aromatic rings.